The van der Waals surface area contributed by atoms with Crippen molar-refractivity contribution in [2.75, 3.05) is 26.0 Å². The maximum absolute atomic E-state index is 12.6. The molecule has 0 spiro atoms. The van der Waals surface area contributed by atoms with Crippen LogP contribution in [0.2, 0.25) is 0 Å². The van der Waals surface area contributed by atoms with Crippen LogP contribution in [0.4, 0.5) is 0 Å². The van der Waals surface area contributed by atoms with Gasteiger partial charge in [0.2, 0.25) is 0 Å². The molecule has 0 aliphatic rings. The maximum atomic E-state index is 12.6. The van der Waals surface area contributed by atoms with E-state index in [4.69, 9.17) is 9.47 Å². The summed E-state index contributed by atoms with van der Waals surface area (Å²) in [4.78, 5) is 39.3. The highest BCUT2D eigenvalue weighted by Crippen LogP contribution is 2.55. The zero-order valence-electron chi connectivity index (χ0n) is 31.4. The Morgan fingerprint density at radius 3 is 1.30 bits per heavy atom. The summed E-state index contributed by atoms with van der Waals surface area (Å²) < 4.78 is 35.7. The van der Waals surface area contributed by atoms with Gasteiger partial charge >= 0.3 is 15.2 Å². The van der Waals surface area contributed by atoms with Crippen LogP contribution in [0.5, 0.6) is 0 Å². The van der Waals surface area contributed by atoms with Crippen LogP contribution < -0.4 is 0 Å². The standard InChI is InChI=1S/C40H72O8P2/c1-3-5-7-9-11-13-15-17-19-21-23-25-27-29-31-33-36-47-39-40(50(44,45)46,35-38-49(41,42)43)48-37-34-32-30-28-26-24-22-20-18-16-14-12-10-8-6-4-2/h5-8,11-14,17-20H,3-4,9-10,15-16,21-39H2,1-2H3,(H2,41,42,43)(H2,44,45,46). The molecular formula is C40H72O8P2. The van der Waals surface area contributed by atoms with Crippen LogP contribution in [-0.2, 0) is 18.6 Å². The number of hydrogen-bond acceptors (Lipinski definition) is 4. The molecule has 0 aliphatic carbocycles. The van der Waals surface area contributed by atoms with E-state index in [0.717, 1.165) is 122 Å². The molecular weight excluding hydrogens is 670 g/mol. The van der Waals surface area contributed by atoms with Crippen molar-refractivity contribution in [3.63, 3.8) is 0 Å². The van der Waals surface area contributed by atoms with Gasteiger partial charge in [-0.1, -0.05) is 138 Å². The van der Waals surface area contributed by atoms with Gasteiger partial charge in [0.25, 0.3) is 0 Å². The van der Waals surface area contributed by atoms with Crippen molar-refractivity contribution in [3.8, 4) is 0 Å². The Labute approximate surface area is 305 Å². The van der Waals surface area contributed by atoms with Gasteiger partial charge in [0.1, 0.15) is 0 Å². The van der Waals surface area contributed by atoms with Crippen LogP contribution in [0.1, 0.15) is 149 Å². The first kappa shape index (κ1) is 48.7. The number of unbranched alkanes of at least 4 members (excludes halogenated alkanes) is 12. The zero-order valence-corrected chi connectivity index (χ0v) is 33.2. The van der Waals surface area contributed by atoms with Crippen LogP contribution in [0.25, 0.3) is 0 Å². The van der Waals surface area contributed by atoms with Gasteiger partial charge in [-0.25, -0.2) is 0 Å². The van der Waals surface area contributed by atoms with Gasteiger partial charge in [0, 0.05) is 19.6 Å². The molecule has 0 aromatic heterocycles. The molecule has 1 atom stereocenters. The van der Waals surface area contributed by atoms with Gasteiger partial charge < -0.3 is 29.0 Å². The number of rotatable bonds is 35. The minimum atomic E-state index is -4.89. The second-order valence-corrected chi connectivity index (χ2v) is 16.6. The van der Waals surface area contributed by atoms with E-state index in [1.807, 2.05) is 0 Å². The van der Waals surface area contributed by atoms with Crippen LogP contribution in [0.15, 0.2) is 72.9 Å². The van der Waals surface area contributed by atoms with Crippen molar-refractivity contribution in [1.82, 2.24) is 0 Å². The summed E-state index contributed by atoms with van der Waals surface area (Å²) in [6.07, 6.45) is 45.5. The molecule has 0 aromatic carbocycles. The average molecular weight is 743 g/mol. The van der Waals surface area contributed by atoms with Gasteiger partial charge in [-0.3, -0.25) is 9.13 Å². The monoisotopic (exact) mass is 742 g/mol. The summed E-state index contributed by atoms with van der Waals surface area (Å²) in [5.41, 5.74) is 0. The summed E-state index contributed by atoms with van der Waals surface area (Å²) in [5.74, 6) is 0. The second-order valence-electron chi connectivity index (χ2n) is 12.9. The largest absolute Gasteiger partial charge is 0.378 e. The van der Waals surface area contributed by atoms with E-state index in [1.54, 1.807) is 0 Å². The lowest BCUT2D eigenvalue weighted by Crippen LogP contribution is -2.39. The molecule has 0 rings (SSSR count). The smallest absolute Gasteiger partial charge is 0.359 e. The minimum Gasteiger partial charge on any atom is -0.378 e. The summed E-state index contributed by atoms with van der Waals surface area (Å²) in [5, 5.41) is -2.06. The normalized spacial score (nSPS) is 14.6. The highest BCUT2D eigenvalue weighted by molar-refractivity contribution is 7.54. The fourth-order valence-electron chi connectivity index (χ4n) is 5.21. The third-order valence-electron chi connectivity index (χ3n) is 8.26. The summed E-state index contributed by atoms with van der Waals surface area (Å²) in [6, 6.07) is 0. The summed E-state index contributed by atoms with van der Waals surface area (Å²) >= 11 is 0. The Morgan fingerprint density at radius 2 is 0.880 bits per heavy atom. The van der Waals surface area contributed by atoms with E-state index in [9.17, 15) is 28.7 Å². The predicted molar refractivity (Wildman–Crippen MR) is 212 cm³/mol. The highest BCUT2D eigenvalue weighted by Gasteiger charge is 2.49. The van der Waals surface area contributed by atoms with Crippen molar-refractivity contribution < 1.29 is 38.2 Å². The van der Waals surface area contributed by atoms with Gasteiger partial charge in [0.05, 0.1) is 12.8 Å². The molecule has 0 aliphatic heterocycles. The molecule has 0 aromatic rings. The van der Waals surface area contributed by atoms with E-state index >= 15 is 0 Å². The number of ether oxygens (including phenoxy) is 2. The van der Waals surface area contributed by atoms with Crippen molar-refractivity contribution in [1.29, 1.82) is 0 Å². The maximum Gasteiger partial charge on any atom is 0.359 e. The molecule has 10 heteroatoms. The quantitative estimate of drug-likeness (QED) is 0.0286. The molecule has 0 saturated carbocycles. The van der Waals surface area contributed by atoms with Crippen LogP contribution in [0, 0.1) is 0 Å². The lowest BCUT2D eigenvalue weighted by Gasteiger charge is -2.34. The number of allylic oxidation sites excluding steroid dienone is 12. The van der Waals surface area contributed by atoms with Crippen molar-refractivity contribution >= 4 is 15.2 Å². The van der Waals surface area contributed by atoms with Crippen LogP contribution >= 0.6 is 15.2 Å². The fourth-order valence-corrected chi connectivity index (χ4v) is 6.96. The third kappa shape index (κ3) is 31.4. The predicted octanol–water partition coefficient (Wildman–Crippen LogP) is 11.6. The van der Waals surface area contributed by atoms with Gasteiger partial charge in [-0.15, -0.1) is 0 Å². The molecule has 50 heavy (non-hydrogen) atoms. The molecule has 0 fully saturated rings. The Hall–Kier alpha value is -1.34. The lowest BCUT2D eigenvalue weighted by atomic mass is 10.1. The summed E-state index contributed by atoms with van der Waals surface area (Å²) in [7, 11) is -9.38. The first-order valence-electron chi connectivity index (χ1n) is 19.3. The first-order valence-corrected chi connectivity index (χ1v) is 22.7. The zero-order chi connectivity index (χ0) is 37.1. The second kappa shape index (κ2) is 33.5. The van der Waals surface area contributed by atoms with E-state index in [0.29, 0.717) is 13.0 Å². The van der Waals surface area contributed by atoms with Crippen molar-refractivity contribution in [3.05, 3.63) is 72.9 Å². The van der Waals surface area contributed by atoms with E-state index in [-0.39, 0.29) is 6.61 Å². The topological polar surface area (TPSA) is 134 Å². The van der Waals surface area contributed by atoms with E-state index < -0.39 is 39.7 Å². The Bertz CT molecular complexity index is 1050. The molecule has 8 nitrogen and oxygen atoms in total. The molecule has 0 saturated heterocycles. The molecule has 290 valence electrons. The third-order valence-corrected chi connectivity index (χ3v) is 10.6. The fraction of sp³-hybridized carbons (Fsp3) is 0.700. The Kier molecular flexibility index (Phi) is 32.6. The highest BCUT2D eigenvalue weighted by atomic mass is 31.2. The number of hydrogen-bond donors (Lipinski definition) is 4. The Morgan fingerprint density at radius 1 is 0.500 bits per heavy atom. The van der Waals surface area contributed by atoms with Crippen LogP contribution in [-0.4, -0.2) is 50.9 Å². The van der Waals surface area contributed by atoms with Gasteiger partial charge in [0.15, 0.2) is 5.34 Å². The first-order chi connectivity index (χ1) is 24.1. The average Bonchev–Trinajstić information content (AvgIpc) is 3.06. The van der Waals surface area contributed by atoms with Gasteiger partial charge in [-0.2, -0.15) is 0 Å². The van der Waals surface area contributed by atoms with Crippen molar-refractivity contribution in [2.45, 2.75) is 154 Å². The molecule has 0 heterocycles. The molecule has 0 amide bonds. The summed E-state index contributed by atoms with van der Waals surface area (Å²) in [6.45, 7) is 4.29. The van der Waals surface area contributed by atoms with Gasteiger partial charge in [-0.05, 0) is 77.0 Å². The Balaban J connectivity index is 4.31. The molecule has 4 N–H and O–H groups in total. The van der Waals surface area contributed by atoms with Crippen LogP contribution in [0.3, 0.4) is 0 Å². The van der Waals surface area contributed by atoms with E-state index in [1.165, 1.54) is 0 Å². The molecule has 1 unspecified atom stereocenters. The van der Waals surface area contributed by atoms with E-state index in [2.05, 4.69) is 86.8 Å². The SMILES string of the molecule is CCC=CCC=CCC=CCCCCCCCCOCC(CCP(=O)(O)O)(OCCCCCCCCC=CCC=CCC=CCC)P(=O)(O)O. The lowest BCUT2D eigenvalue weighted by molar-refractivity contribution is -0.0623. The minimum absolute atomic E-state index is 0.0999. The molecule has 0 radical (unpaired) electrons. The van der Waals surface area contributed by atoms with Crippen molar-refractivity contribution in [2.24, 2.45) is 0 Å². The molecule has 0 bridgehead atoms.